The minimum absolute atomic E-state index is 0.416. The van der Waals surface area contributed by atoms with Crippen LogP contribution in [0.4, 0.5) is 0 Å². The molecule has 66 valence electrons. The van der Waals surface area contributed by atoms with Gasteiger partial charge in [0, 0.05) is 0 Å². The van der Waals surface area contributed by atoms with Crippen LogP contribution in [0, 0.1) is 0 Å². The minimum Gasteiger partial charge on any atom is -0.504 e. The summed E-state index contributed by atoms with van der Waals surface area (Å²) >= 11 is 0. The van der Waals surface area contributed by atoms with E-state index in [0.29, 0.717) is 0 Å². The first kappa shape index (κ1) is 8.66. The molecule has 1 rings (SSSR count). The van der Waals surface area contributed by atoms with Gasteiger partial charge in [0.25, 0.3) is 0 Å². The van der Waals surface area contributed by atoms with Crippen molar-refractivity contribution in [3.05, 3.63) is 12.1 Å². The van der Waals surface area contributed by atoms with Gasteiger partial charge in [-0.3, -0.25) is 0 Å². The van der Waals surface area contributed by atoms with Gasteiger partial charge < -0.3 is 15.3 Å². The Morgan fingerprint density at radius 3 is 2.08 bits per heavy atom. The summed E-state index contributed by atoms with van der Waals surface area (Å²) in [6, 6.07) is 1.98. The fraction of sp³-hybridized carbons (Fsp3) is 0. The molecule has 0 radical (unpaired) electrons. The number of aromatic hydroxyl groups is 3. The molecule has 12 heavy (non-hydrogen) atoms. The van der Waals surface area contributed by atoms with Gasteiger partial charge in [0.15, 0.2) is 22.2 Å². The Morgan fingerprint density at radius 2 is 1.58 bits per heavy atom. The highest BCUT2D eigenvalue weighted by Gasteiger charge is 2.11. The maximum Gasteiger partial charge on any atom is 0.201 e. The summed E-state index contributed by atoms with van der Waals surface area (Å²) < 4.78 is 20.7. The molecule has 0 atom stereocenters. The van der Waals surface area contributed by atoms with Gasteiger partial charge in [0.1, 0.15) is 4.90 Å². The summed E-state index contributed by atoms with van der Waals surface area (Å²) in [6.45, 7) is 0. The molecular formula is C6H6O5S. The van der Waals surface area contributed by atoms with Gasteiger partial charge in [-0.25, -0.2) is 8.42 Å². The Morgan fingerprint density at radius 1 is 1.00 bits per heavy atom. The number of hydrogen-bond acceptors (Lipinski definition) is 5. The van der Waals surface area contributed by atoms with Gasteiger partial charge in [-0.1, -0.05) is 0 Å². The number of phenolic OH excluding ortho intramolecular Hbond substituents is 3. The third-order valence-corrected chi connectivity index (χ3v) is 2.06. The molecule has 0 spiro atoms. The molecule has 0 fully saturated rings. The van der Waals surface area contributed by atoms with Crippen molar-refractivity contribution in [2.75, 3.05) is 0 Å². The van der Waals surface area contributed by atoms with Crippen LogP contribution in [0.2, 0.25) is 0 Å². The molecule has 0 aromatic heterocycles. The van der Waals surface area contributed by atoms with Crippen LogP contribution in [0.3, 0.4) is 0 Å². The third-order valence-electron chi connectivity index (χ3n) is 1.31. The van der Waals surface area contributed by atoms with Crippen LogP contribution in [0.1, 0.15) is 0 Å². The lowest BCUT2D eigenvalue weighted by Crippen LogP contribution is -1.82. The summed E-state index contributed by atoms with van der Waals surface area (Å²) in [5, 5.41) is 26.6. The van der Waals surface area contributed by atoms with Gasteiger partial charge in [-0.15, -0.1) is 0 Å². The Labute approximate surface area is 69.5 Å². The van der Waals surface area contributed by atoms with Crippen molar-refractivity contribution < 1.29 is 23.7 Å². The molecule has 0 heterocycles. The van der Waals surface area contributed by atoms with Crippen molar-refractivity contribution in [3.8, 4) is 17.2 Å². The van der Waals surface area contributed by atoms with E-state index in [9.17, 15) is 8.42 Å². The molecule has 0 bridgehead atoms. The lowest BCUT2D eigenvalue weighted by molar-refractivity contribution is 0.361. The summed E-state index contributed by atoms with van der Waals surface area (Å²) in [6.07, 6.45) is 0. The SMILES string of the molecule is O=[SH](=O)c1ccc(O)c(O)c1O. The number of thiol groups is 1. The van der Waals surface area contributed by atoms with Crippen LogP contribution < -0.4 is 0 Å². The highest BCUT2D eigenvalue weighted by Crippen LogP contribution is 2.37. The van der Waals surface area contributed by atoms with E-state index in [1.165, 1.54) is 0 Å². The minimum atomic E-state index is -2.97. The van der Waals surface area contributed by atoms with Crippen molar-refractivity contribution in [2.24, 2.45) is 0 Å². The van der Waals surface area contributed by atoms with E-state index in [1.54, 1.807) is 0 Å². The zero-order valence-electron chi connectivity index (χ0n) is 5.76. The summed E-state index contributed by atoms with van der Waals surface area (Å²) in [5.41, 5.74) is 0. The molecular weight excluding hydrogens is 184 g/mol. The monoisotopic (exact) mass is 190 g/mol. The van der Waals surface area contributed by atoms with Crippen LogP contribution in [-0.2, 0) is 10.7 Å². The van der Waals surface area contributed by atoms with Crippen LogP contribution in [0.15, 0.2) is 17.0 Å². The van der Waals surface area contributed by atoms with Crippen LogP contribution in [-0.4, -0.2) is 23.7 Å². The molecule has 3 N–H and O–H groups in total. The van der Waals surface area contributed by atoms with Crippen molar-refractivity contribution in [1.82, 2.24) is 0 Å². The van der Waals surface area contributed by atoms with E-state index in [2.05, 4.69) is 0 Å². The molecule has 0 amide bonds. The molecule has 0 aliphatic heterocycles. The second kappa shape index (κ2) is 2.90. The summed E-state index contributed by atoms with van der Waals surface area (Å²) in [5.74, 6) is -2.22. The summed E-state index contributed by atoms with van der Waals surface area (Å²) in [4.78, 5) is -0.416. The Bertz CT molecular complexity index is 374. The normalized spacial score (nSPS) is 10.4. The first-order valence-corrected chi connectivity index (χ1v) is 4.10. The van der Waals surface area contributed by atoms with E-state index in [4.69, 9.17) is 15.3 Å². The second-order valence-corrected chi connectivity index (χ2v) is 3.05. The van der Waals surface area contributed by atoms with E-state index in [0.717, 1.165) is 12.1 Å². The van der Waals surface area contributed by atoms with E-state index in [-0.39, 0.29) is 0 Å². The Balaban J connectivity index is 3.46. The molecule has 5 nitrogen and oxygen atoms in total. The smallest absolute Gasteiger partial charge is 0.201 e. The Kier molecular flexibility index (Phi) is 2.09. The lowest BCUT2D eigenvalue weighted by Gasteiger charge is -2.01. The molecule has 0 aliphatic rings. The number of rotatable bonds is 1. The van der Waals surface area contributed by atoms with Crippen molar-refractivity contribution >= 4 is 10.7 Å². The van der Waals surface area contributed by atoms with Crippen molar-refractivity contribution in [3.63, 3.8) is 0 Å². The second-order valence-electron chi connectivity index (χ2n) is 2.06. The van der Waals surface area contributed by atoms with Gasteiger partial charge in [-0.2, -0.15) is 0 Å². The lowest BCUT2D eigenvalue weighted by atomic mass is 10.3. The maximum atomic E-state index is 10.4. The first-order valence-electron chi connectivity index (χ1n) is 2.92. The van der Waals surface area contributed by atoms with E-state index >= 15 is 0 Å². The number of benzene rings is 1. The molecule has 0 aliphatic carbocycles. The topological polar surface area (TPSA) is 94.8 Å². The molecule has 0 unspecified atom stereocenters. The summed E-state index contributed by atoms with van der Waals surface area (Å²) in [7, 11) is -2.97. The van der Waals surface area contributed by atoms with Gasteiger partial charge in [0.2, 0.25) is 5.75 Å². The van der Waals surface area contributed by atoms with Gasteiger partial charge in [-0.05, 0) is 12.1 Å². The zero-order valence-corrected chi connectivity index (χ0v) is 6.65. The average molecular weight is 190 g/mol. The molecule has 1 aromatic carbocycles. The number of hydrogen-bond donors (Lipinski definition) is 4. The van der Waals surface area contributed by atoms with Crippen molar-refractivity contribution in [1.29, 1.82) is 0 Å². The van der Waals surface area contributed by atoms with Crippen LogP contribution in [0.5, 0.6) is 17.2 Å². The predicted octanol–water partition coefficient (Wildman–Crippen LogP) is -0.226. The van der Waals surface area contributed by atoms with Crippen molar-refractivity contribution in [2.45, 2.75) is 4.90 Å². The number of phenols is 3. The Hall–Kier alpha value is -1.43. The average Bonchev–Trinajstić information content (AvgIpc) is 2.00. The van der Waals surface area contributed by atoms with E-state index in [1.807, 2.05) is 0 Å². The quantitative estimate of drug-likeness (QED) is 0.362. The largest absolute Gasteiger partial charge is 0.504 e. The first-order chi connectivity index (χ1) is 5.54. The zero-order chi connectivity index (χ0) is 9.30. The van der Waals surface area contributed by atoms with Crippen LogP contribution >= 0.6 is 0 Å². The fourth-order valence-electron chi connectivity index (χ4n) is 0.706. The molecule has 0 saturated carbocycles. The maximum absolute atomic E-state index is 10.4. The molecule has 6 heteroatoms. The highest BCUT2D eigenvalue weighted by molar-refractivity contribution is 7.72. The molecule has 0 saturated heterocycles. The predicted molar refractivity (Wildman–Crippen MR) is 40.0 cm³/mol. The third kappa shape index (κ3) is 1.28. The van der Waals surface area contributed by atoms with E-state index < -0.39 is 32.8 Å². The standard InChI is InChI=1S/C6H6O5S/c7-3-1-2-4(12(10)11)6(9)5(3)8/h1-2,7-9,12H. The van der Waals surface area contributed by atoms with Gasteiger partial charge >= 0.3 is 0 Å². The highest BCUT2D eigenvalue weighted by atomic mass is 32.2. The van der Waals surface area contributed by atoms with Gasteiger partial charge in [0.05, 0.1) is 0 Å². The fourth-order valence-corrected chi connectivity index (χ4v) is 1.18. The molecule has 1 aromatic rings. The van der Waals surface area contributed by atoms with Crippen LogP contribution in [0.25, 0.3) is 0 Å².